The topological polar surface area (TPSA) is 58.6 Å². The minimum atomic E-state index is -0.333. The van der Waals surface area contributed by atoms with Gasteiger partial charge in [-0.15, -0.1) is 0 Å². The lowest BCUT2D eigenvalue weighted by Crippen LogP contribution is -2.25. The Morgan fingerprint density at radius 2 is 2.29 bits per heavy atom. The molecule has 0 aliphatic carbocycles. The van der Waals surface area contributed by atoms with Gasteiger partial charge < -0.3 is 15.2 Å². The minimum absolute atomic E-state index is 0.321. The third kappa shape index (κ3) is 4.54. The van der Waals surface area contributed by atoms with E-state index in [2.05, 4.69) is 10.1 Å². The summed E-state index contributed by atoms with van der Waals surface area (Å²) in [5.41, 5.74) is 1.54. The molecule has 0 amide bonds. The number of methoxy groups -OCH3 is 1. The zero-order chi connectivity index (χ0) is 12.7. The molecule has 0 aliphatic heterocycles. The molecule has 0 heterocycles. The van der Waals surface area contributed by atoms with E-state index in [9.17, 15) is 9.90 Å². The van der Waals surface area contributed by atoms with Crippen molar-refractivity contribution in [3.8, 4) is 0 Å². The van der Waals surface area contributed by atoms with Crippen LogP contribution < -0.4 is 5.32 Å². The second kappa shape index (κ2) is 7.04. The molecule has 0 spiro atoms. The zero-order valence-electron chi connectivity index (χ0n) is 10.3. The van der Waals surface area contributed by atoms with Crippen molar-refractivity contribution in [1.29, 1.82) is 0 Å². The Bertz CT molecular complexity index is 365. The van der Waals surface area contributed by atoms with Crippen molar-refractivity contribution in [3.63, 3.8) is 0 Å². The van der Waals surface area contributed by atoms with Crippen molar-refractivity contribution in [2.45, 2.75) is 26.0 Å². The SMILES string of the molecule is CC[C@H](O)CNCc1cccc(C(=O)OC)c1. The molecule has 0 unspecified atom stereocenters. The largest absolute Gasteiger partial charge is 0.465 e. The van der Waals surface area contributed by atoms with Gasteiger partial charge in [-0.05, 0) is 24.1 Å². The highest BCUT2D eigenvalue weighted by molar-refractivity contribution is 5.89. The first kappa shape index (κ1) is 13.7. The van der Waals surface area contributed by atoms with E-state index in [4.69, 9.17) is 0 Å². The van der Waals surface area contributed by atoms with Crippen LogP contribution in [0.1, 0.15) is 29.3 Å². The number of nitrogens with one attached hydrogen (secondary N) is 1. The lowest BCUT2D eigenvalue weighted by atomic mass is 10.1. The van der Waals surface area contributed by atoms with Gasteiger partial charge in [-0.2, -0.15) is 0 Å². The number of aliphatic hydroxyl groups excluding tert-OH is 1. The average Bonchev–Trinajstić information content (AvgIpc) is 2.38. The number of aliphatic hydroxyl groups is 1. The standard InChI is InChI=1S/C13H19NO3/c1-3-12(15)9-14-8-10-5-4-6-11(7-10)13(16)17-2/h4-7,12,14-15H,3,8-9H2,1-2H3/t12-/m0/s1. The summed E-state index contributed by atoms with van der Waals surface area (Å²) in [4.78, 5) is 11.3. The van der Waals surface area contributed by atoms with Gasteiger partial charge in [0.05, 0.1) is 18.8 Å². The molecule has 0 aromatic heterocycles. The maximum absolute atomic E-state index is 11.3. The van der Waals surface area contributed by atoms with Gasteiger partial charge in [0.25, 0.3) is 0 Å². The summed E-state index contributed by atoms with van der Waals surface area (Å²) in [5.74, 6) is -0.333. The molecule has 1 atom stereocenters. The molecule has 0 radical (unpaired) electrons. The predicted molar refractivity (Wildman–Crippen MR) is 65.8 cm³/mol. The van der Waals surface area contributed by atoms with Gasteiger partial charge in [0, 0.05) is 13.1 Å². The van der Waals surface area contributed by atoms with Gasteiger partial charge in [-0.1, -0.05) is 19.1 Å². The van der Waals surface area contributed by atoms with Crippen LogP contribution >= 0.6 is 0 Å². The summed E-state index contributed by atoms with van der Waals surface area (Å²) in [6.07, 6.45) is 0.411. The maximum atomic E-state index is 11.3. The summed E-state index contributed by atoms with van der Waals surface area (Å²) in [6, 6.07) is 7.25. The van der Waals surface area contributed by atoms with Crippen molar-refractivity contribution in [2.75, 3.05) is 13.7 Å². The Kier molecular flexibility index (Phi) is 5.66. The van der Waals surface area contributed by atoms with Crippen molar-refractivity contribution in [2.24, 2.45) is 0 Å². The van der Waals surface area contributed by atoms with E-state index < -0.39 is 0 Å². The first-order valence-corrected chi connectivity index (χ1v) is 5.73. The average molecular weight is 237 g/mol. The third-order valence-electron chi connectivity index (χ3n) is 2.53. The smallest absolute Gasteiger partial charge is 0.337 e. The lowest BCUT2D eigenvalue weighted by Gasteiger charge is -2.09. The van der Waals surface area contributed by atoms with Crippen LogP contribution in [0.15, 0.2) is 24.3 Å². The van der Waals surface area contributed by atoms with Gasteiger partial charge in [-0.3, -0.25) is 0 Å². The molecule has 0 aliphatic rings. The van der Waals surface area contributed by atoms with E-state index in [0.29, 0.717) is 18.7 Å². The number of benzene rings is 1. The number of hydrogen-bond donors (Lipinski definition) is 2. The summed E-state index contributed by atoms with van der Waals surface area (Å²) >= 11 is 0. The van der Waals surface area contributed by atoms with Crippen LogP contribution in [0, 0.1) is 0 Å². The zero-order valence-corrected chi connectivity index (χ0v) is 10.3. The quantitative estimate of drug-likeness (QED) is 0.733. The van der Waals surface area contributed by atoms with Crippen molar-refractivity contribution in [1.82, 2.24) is 5.32 Å². The fourth-order valence-electron chi connectivity index (χ4n) is 1.45. The molecular weight excluding hydrogens is 218 g/mol. The predicted octanol–water partition coefficient (Wildman–Crippen LogP) is 1.33. The molecule has 4 heteroatoms. The Hall–Kier alpha value is -1.39. The normalized spacial score (nSPS) is 12.2. The Morgan fingerprint density at radius 3 is 2.94 bits per heavy atom. The second-order valence-electron chi connectivity index (χ2n) is 3.88. The number of ether oxygens (including phenoxy) is 1. The lowest BCUT2D eigenvalue weighted by molar-refractivity contribution is 0.0600. The first-order chi connectivity index (χ1) is 8.17. The molecule has 1 aromatic rings. The summed E-state index contributed by atoms with van der Waals surface area (Å²) in [6.45, 7) is 3.12. The molecule has 94 valence electrons. The van der Waals surface area contributed by atoms with Crippen LogP contribution in [0.4, 0.5) is 0 Å². The molecule has 4 nitrogen and oxygen atoms in total. The van der Waals surface area contributed by atoms with Crippen molar-refractivity contribution in [3.05, 3.63) is 35.4 Å². The van der Waals surface area contributed by atoms with Crippen LogP contribution in [-0.2, 0) is 11.3 Å². The fourth-order valence-corrected chi connectivity index (χ4v) is 1.45. The van der Waals surface area contributed by atoms with Crippen molar-refractivity contribution < 1.29 is 14.6 Å². The third-order valence-corrected chi connectivity index (χ3v) is 2.53. The van der Waals surface area contributed by atoms with Gasteiger partial charge in [0.2, 0.25) is 0 Å². The fraction of sp³-hybridized carbons (Fsp3) is 0.462. The van der Waals surface area contributed by atoms with Gasteiger partial charge >= 0.3 is 5.97 Å². The van der Waals surface area contributed by atoms with Crippen LogP contribution in [0.25, 0.3) is 0 Å². The van der Waals surface area contributed by atoms with E-state index in [1.54, 1.807) is 12.1 Å². The van der Waals surface area contributed by atoms with Crippen LogP contribution in [0.3, 0.4) is 0 Å². The molecule has 1 aromatic carbocycles. The maximum Gasteiger partial charge on any atom is 0.337 e. The highest BCUT2D eigenvalue weighted by Crippen LogP contribution is 2.06. The summed E-state index contributed by atoms with van der Waals surface area (Å²) < 4.78 is 4.65. The number of carbonyl (C=O) groups is 1. The highest BCUT2D eigenvalue weighted by atomic mass is 16.5. The molecule has 2 N–H and O–H groups in total. The molecule has 17 heavy (non-hydrogen) atoms. The van der Waals surface area contributed by atoms with Gasteiger partial charge in [0.1, 0.15) is 0 Å². The molecule has 1 rings (SSSR count). The van der Waals surface area contributed by atoms with Crippen LogP contribution in [0.5, 0.6) is 0 Å². The first-order valence-electron chi connectivity index (χ1n) is 5.73. The Morgan fingerprint density at radius 1 is 1.53 bits per heavy atom. The minimum Gasteiger partial charge on any atom is -0.465 e. The van der Waals surface area contributed by atoms with Crippen molar-refractivity contribution >= 4 is 5.97 Å². The number of carbonyl (C=O) groups excluding carboxylic acids is 1. The van der Waals surface area contributed by atoms with E-state index in [-0.39, 0.29) is 12.1 Å². The number of rotatable bonds is 6. The summed E-state index contributed by atoms with van der Waals surface area (Å²) in [5, 5.41) is 12.5. The van der Waals surface area contributed by atoms with Gasteiger partial charge in [0.15, 0.2) is 0 Å². The monoisotopic (exact) mass is 237 g/mol. The number of hydrogen-bond acceptors (Lipinski definition) is 4. The van der Waals surface area contributed by atoms with E-state index in [1.807, 2.05) is 19.1 Å². The molecule has 0 bridgehead atoms. The van der Waals surface area contributed by atoms with E-state index in [0.717, 1.165) is 12.0 Å². The van der Waals surface area contributed by atoms with Gasteiger partial charge in [-0.25, -0.2) is 4.79 Å². The van der Waals surface area contributed by atoms with Crippen LogP contribution in [0.2, 0.25) is 0 Å². The molecular formula is C13H19NO3. The van der Waals surface area contributed by atoms with E-state index in [1.165, 1.54) is 7.11 Å². The Balaban J connectivity index is 2.51. The molecule has 0 saturated carbocycles. The highest BCUT2D eigenvalue weighted by Gasteiger charge is 2.05. The van der Waals surface area contributed by atoms with E-state index >= 15 is 0 Å². The number of esters is 1. The van der Waals surface area contributed by atoms with Crippen LogP contribution in [-0.4, -0.2) is 30.8 Å². The second-order valence-corrected chi connectivity index (χ2v) is 3.88. The summed E-state index contributed by atoms with van der Waals surface area (Å²) in [7, 11) is 1.37. The molecule has 0 fully saturated rings. The molecule has 0 saturated heterocycles. The Labute approximate surface area is 102 Å².